The first-order chi connectivity index (χ1) is 12.4. The Kier molecular flexibility index (Phi) is 5.79. The first-order valence-corrected chi connectivity index (χ1v) is 9.65. The molecule has 6 heteroatoms. The van der Waals surface area contributed by atoms with Crippen molar-refractivity contribution < 1.29 is 14.3 Å². The molecule has 0 saturated heterocycles. The van der Waals surface area contributed by atoms with Gasteiger partial charge in [0, 0.05) is 18.0 Å². The topological polar surface area (TPSA) is 94.3 Å². The number of carbonyl (C=O) groups excluding carboxylic acids is 2. The number of ether oxygens (including phenoxy) is 1. The number of nitrogens with two attached hydrogens (primary N) is 1. The van der Waals surface area contributed by atoms with Gasteiger partial charge in [0.05, 0.1) is 6.61 Å². The Bertz CT molecular complexity index is 666. The van der Waals surface area contributed by atoms with Crippen molar-refractivity contribution >= 4 is 11.8 Å². The number of rotatable bonds is 10. The molecule has 0 bridgehead atoms. The molecular formula is C20H29N3O3. The highest BCUT2D eigenvalue weighted by molar-refractivity contribution is 5.93. The van der Waals surface area contributed by atoms with Crippen LogP contribution in [0.2, 0.25) is 0 Å². The third-order valence-corrected chi connectivity index (χ3v) is 4.83. The zero-order valence-corrected chi connectivity index (χ0v) is 15.7. The van der Waals surface area contributed by atoms with E-state index in [1.54, 1.807) is 6.07 Å². The summed E-state index contributed by atoms with van der Waals surface area (Å²) < 4.78 is 5.92. The number of carbonyl (C=O) groups is 2. The van der Waals surface area contributed by atoms with Crippen molar-refractivity contribution in [2.75, 3.05) is 6.61 Å². The smallest absolute Gasteiger partial charge is 0.270 e. The van der Waals surface area contributed by atoms with Crippen molar-refractivity contribution in [1.82, 2.24) is 10.3 Å². The minimum atomic E-state index is -0.415. The van der Waals surface area contributed by atoms with Crippen LogP contribution >= 0.6 is 0 Å². The number of nitrogens with zero attached hydrogens (tertiary/aromatic N) is 1. The molecule has 1 aromatic heterocycles. The maximum atomic E-state index is 12.6. The van der Waals surface area contributed by atoms with Gasteiger partial charge < -0.3 is 15.8 Å². The highest BCUT2D eigenvalue weighted by Crippen LogP contribution is 2.44. The summed E-state index contributed by atoms with van der Waals surface area (Å²) in [7, 11) is 0. The van der Waals surface area contributed by atoms with E-state index in [0.717, 1.165) is 18.4 Å². The maximum absolute atomic E-state index is 12.6. The molecule has 2 aliphatic carbocycles. The zero-order chi connectivity index (χ0) is 18.7. The predicted octanol–water partition coefficient (Wildman–Crippen LogP) is 2.77. The van der Waals surface area contributed by atoms with Crippen LogP contribution in [0.1, 0.15) is 74.3 Å². The van der Waals surface area contributed by atoms with Crippen molar-refractivity contribution in [3.05, 3.63) is 23.4 Å². The quantitative estimate of drug-likeness (QED) is 0.671. The molecule has 142 valence electrons. The summed E-state index contributed by atoms with van der Waals surface area (Å²) in [5, 5.41) is 2.91. The largest absolute Gasteiger partial charge is 0.477 e. The Hall–Kier alpha value is -2.11. The van der Waals surface area contributed by atoms with E-state index < -0.39 is 5.91 Å². The Morgan fingerprint density at radius 3 is 2.58 bits per heavy atom. The number of pyridine rings is 1. The number of nitrogens with one attached hydrogen (secondary N) is 1. The van der Waals surface area contributed by atoms with Crippen molar-refractivity contribution in [1.29, 1.82) is 0 Å². The number of hydrogen-bond acceptors (Lipinski definition) is 4. The lowest BCUT2D eigenvalue weighted by Crippen LogP contribution is -2.39. The number of amides is 2. The molecule has 0 spiro atoms. The van der Waals surface area contributed by atoms with Crippen LogP contribution in [0.5, 0.6) is 5.88 Å². The lowest BCUT2D eigenvalue weighted by atomic mass is 10.0. The van der Waals surface area contributed by atoms with Gasteiger partial charge in [0.1, 0.15) is 5.69 Å². The molecule has 2 amide bonds. The van der Waals surface area contributed by atoms with Crippen molar-refractivity contribution in [2.45, 2.75) is 64.3 Å². The van der Waals surface area contributed by atoms with E-state index in [9.17, 15) is 9.59 Å². The van der Waals surface area contributed by atoms with Gasteiger partial charge in [0.15, 0.2) is 0 Å². The summed E-state index contributed by atoms with van der Waals surface area (Å²) in [6, 6.07) is 3.44. The Balaban J connectivity index is 1.70. The molecule has 3 N–H and O–H groups in total. The summed E-state index contributed by atoms with van der Waals surface area (Å²) in [6.07, 6.45) is 5.56. The van der Waals surface area contributed by atoms with Gasteiger partial charge in [-0.15, -0.1) is 0 Å². The van der Waals surface area contributed by atoms with Crippen molar-refractivity contribution in [3.8, 4) is 5.88 Å². The summed E-state index contributed by atoms with van der Waals surface area (Å²) in [5.41, 5.74) is 6.76. The van der Waals surface area contributed by atoms with Crippen LogP contribution in [-0.4, -0.2) is 29.4 Å². The molecule has 1 aromatic rings. The average molecular weight is 359 g/mol. The molecule has 6 nitrogen and oxygen atoms in total. The van der Waals surface area contributed by atoms with Gasteiger partial charge in [-0.2, -0.15) is 0 Å². The van der Waals surface area contributed by atoms with E-state index in [0.29, 0.717) is 42.4 Å². The van der Waals surface area contributed by atoms with Crippen LogP contribution in [0.25, 0.3) is 0 Å². The fraction of sp³-hybridized carbons (Fsp3) is 0.650. The van der Waals surface area contributed by atoms with Crippen LogP contribution < -0.4 is 15.8 Å². The first kappa shape index (κ1) is 18.7. The lowest BCUT2D eigenvalue weighted by Gasteiger charge is -2.19. The third kappa shape index (κ3) is 5.44. The average Bonchev–Trinajstić information content (AvgIpc) is 3.45. The van der Waals surface area contributed by atoms with Gasteiger partial charge in [-0.05, 0) is 55.9 Å². The summed E-state index contributed by atoms with van der Waals surface area (Å²) in [4.78, 5) is 28.4. The molecular weight excluding hydrogens is 330 g/mol. The fourth-order valence-electron chi connectivity index (χ4n) is 3.14. The predicted molar refractivity (Wildman–Crippen MR) is 99.0 cm³/mol. The zero-order valence-electron chi connectivity index (χ0n) is 15.7. The third-order valence-electron chi connectivity index (χ3n) is 4.83. The second kappa shape index (κ2) is 8.06. The van der Waals surface area contributed by atoms with Gasteiger partial charge in [0.25, 0.3) is 5.91 Å². The molecule has 0 aliphatic heterocycles. The minimum Gasteiger partial charge on any atom is -0.477 e. The molecule has 2 saturated carbocycles. The van der Waals surface area contributed by atoms with Gasteiger partial charge in [-0.25, -0.2) is 4.98 Å². The maximum Gasteiger partial charge on any atom is 0.270 e. The molecule has 0 aromatic carbocycles. The lowest BCUT2D eigenvalue weighted by molar-refractivity contribution is -0.118. The Labute approximate surface area is 154 Å². The van der Waals surface area contributed by atoms with Gasteiger partial charge in [-0.1, -0.05) is 19.9 Å². The number of primary amides is 1. The standard InChI is InChI=1S/C20H29N3O3/c1-12(2)9-15(10-18(21)24)22-19(25)17-8-7-16(14-5-6-14)20(23-17)26-11-13-3-4-13/h7-8,12-15H,3-6,9-11H2,1-2H3,(H2,21,24)(H,22,25)/t15-/m0/s1. The molecule has 1 atom stereocenters. The van der Waals surface area contributed by atoms with E-state index in [-0.39, 0.29) is 18.4 Å². The number of aromatic nitrogens is 1. The Morgan fingerprint density at radius 2 is 2.00 bits per heavy atom. The molecule has 0 radical (unpaired) electrons. The SMILES string of the molecule is CC(C)C[C@@H](CC(N)=O)NC(=O)c1ccc(C2CC2)c(OCC2CC2)n1. The summed E-state index contributed by atoms with van der Waals surface area (Å²) in [5.74, 6) is 1.39. The number of hydrogen-bond donors (Lipinski definition) is 2. The summed E-state index contributed by atoms with van der Waals surface area (Å²) in [6.45, 7) is 4.77. The fourth-order valence-corrected chi connectivity index (χ4v) is 3.14. The second-order valence-corrected chi connectivity index (χ2v) is 8.09. The van der Waals surface area contributed by atoms with Crippen LogP contribution in [0.4, 0.5) is 0 Å². The van der Waals surface area contributed by atoms with Gasteiger partial charge >= 0.3 is 0 Å². The van der Waals surface area contributed by atoms with Crippen LogP contribution in [0.3, 0.4) is 0 Å². The van der Waals surface area contributed by atoms with E-state index in [1.807, 2.05) is 19.9 Å². The molecule has 0 unspecified atom stereocenters. The van der Waals surface area contributed by atoms with Crippen LogP contribution in [0, 0.1) is 11.8 Å². The monoisotopic (exact) mass is 359 g/mol. The molecule has 2 fully saturated rings. The highest BCUT2D eigenvalue weighted by atomic mass is 16.5. The van der Waals surface area contributed by atoms with Gasteiger partial charge in [-0.3, -0.25) is 9.59 Å². The normalized spacial score (nSPS) is 17.8. The summed E-state index contributed by atoms with van der Waals surface area (Å²) >= 11 is 0. The highest BCUT2D eigenvalue weighted by Gasteiger charge is 2.30. The van der Waals surface area contributed by atoms with E-state index in [2.05, 4.69) is 10.3 Å². The van der Waals surface area contributed by atoms with E-state index in [1.165, 1.54) is 12.8 Å². The molecule has 3 rings (SSSR count). The first-order valence-electron chi connectivity index (χ1n) is 9.65. The second-order valence-electron chi connectivity index (χ2n) is 8.09. The minimum absolute atomic E-state index is 0.134. The van der Waals surface area contributed by atoms with Crippen LogP contribution in [0.15, 0.2) is 12.1 Å². The Morgan fingerprint density at radius 1 is 1.27 bits per heavy atom. The van der Waals surface area contributed by atoms with E-state index >= 15 is 0 Å². The molecule has 2 aliphatic rings. The molecule has 1 heterocycles. The van der Waals surface area contributed by atoms with Crippen molar-refractivity contribution in [2.24, 2.45) is 17.6 Å². The van der Waals surface area contributed by atoms with Crippen molar-refractivity contribution in [3.63, 3.8) is 0 Å². The molecule has 26 heavy (non-hydrogen) atoms. The van der Waals surface area contributed by atoms with E-state index in [4.69, 9.17) is 10.5 Å². The van der Waals surface area contributed by atoms with Crippen LogP contribution in [-0.2, 0) is 4.79 Å². The van der Waals surface area contributed by atoms with Gasteiger partial charge in [0.2, 0.25) is 11.8 Å².